The predicted molar refractivity (Wildman–Crippen MR) is 88.5 cm³/mol. The zero-order valence-corrected chi connectivity index (χ0v) is 13.1. The topological polar surface area (TPSA) is 56.5 Å². The minimum atomic E-state index is -0.431. The fourth-order valence-corrected chi connectivity index (χ4v) is 2.49. The quantitative estimate of drug-likeness (QED) is 0.536. The number of fused-ring (bicyclic) bond motifs is 1. The number of hydrogen-bond donors (Lipinski definition) is 0. The Morgan fingerprint density at radius 3 is 2.65 bits per heavy atom. The van der Waals surface area contributed by atoms with Gasteiger partial charge in [0.05, 0.1) is 5.02 Å². The number of carbonyl (C=O) groups excluding carboxylic acids is 1. The first-order valence-electron chi connectivity index (χ1n) is 6.99. The first-order chi connectivity index (χ1) is 11.0. The van der Waals surface area contributed by atoms with E-state index in [0.29, 0.717) is 16.9 Å². The van der Waals surface area contributed by atoms with Crippen LogP contribution in [0.4, 0.5) is 0 Å². The lowest BCUT2D eigenvalue weighted by Gasteiger charge is -2.09. The van der Waals surface area contributed by atoms with Crippen molar-refractivity contribution in [2.24, 2.45) is 0 Å². The molecular weight excluding hydrogens is 316 g/mol. The van der Waals surface area contributed by atoms with E-state index in [1.165, 1.54) is 12.1 Å². The molecule has 0 aliphatic rings. The lowest BCUT2D eigenvalue weighted by molar-refractivity contribution is 0.0921. The predicted octanol–water partition coefficient (Wildman–Crippen LogP) is 4.02. The molecule has 1 aromatic heterocycles. The number of Topliss-reactive ketones (excluding diaryl/α,β-unsaturated/α-hetero) is 1. The Bertz CT molecular complexity index is 929. The SMILES string of the molecule is Cc1cc(=O)oc2cc(Cl)c(OCC(=O)c3ccccc3)cc12. The zero-order chi connectivity index (χ0) is 16.4. The van der Waals surface area contributed by atoms with Gasteiger partial charge in [-0.05, 0) is 18.6 Å². The van der Waals surface area contributed by atoms with Gasteiger partial charge in [0.25, 0.3) is 0 Å². The Balaban J connectivity index is 1.87. The number of carbonyl (C=O) groups is 1. The van der Waals surface area contributed by atoms with Gasteiger partial charge >= 0.3 is 5.63 Å². The highest BCUT2D eigenvalue weighted by Gasteiger charge is 2.11. The lowest BCUT2D eigenvalue weighted by Crippen LogP contribution is -2.11. The van der Waals surface area contributed by atoms with Crippen molar-refractivity contribution < 1.29 is 13.9 Å². The van der Waals surface area contributed by atoms with Crippen LogP contribution >= 0.6 is 11.6 Å². The van der Waals surface area contributed by atoms with Gasteiger partial charge in [-0.1, -0.05) is 41.9 Å². The van der Waals surface area contributed by atoms with Gasteiger partial charge in [0.2, 0.25) is 0 Å². The molecule has 0 saturated heterocycles. The first kappa shape index (κ1) is 15.3. The number of aryl methyl sites for hydroxylation is 1. The van der Waals surface area contributed by atoms with Gasteiger partial charge < -0.3 is 9.15 Å². The molecular formula is C18H13ClO4. The molecule has 0 atom stereocenters. The fourth-order valence-electron chi connectivity index (χ4n) is 2.28. The monoisotopic (exact) mass is 328 g/mol. The van der Waals surface area contributed by atoms with E-state index in [-0.39, 0.29) is 17.4 Å². The van der Waals surface area contributed by atoms with E-state index < -0.39 is 5.63 Å². The second-order valence-electron chi connectivity index (χ2n) is 5.11. The summed E-state index contributed by atoms with van der Waals surface area (Å²) in [5, 5.41) is 1.00. The van der Waals surface area contributed by atoms with Crippen molar-refractivity contribution in [3.05, 3.63) is 75.1 Å². The molecule has 1 heterocycles. The summed E-state index contributed by atoms with van der Waals surface area (Å²) in [6.07, 6.45) is 0. The summed E-state index contributed by atoms with van der Waals surface area (Å²) in [4.78, 5) is 23.5. The number of hydrogen-bond acceptors (Lipinski definition) is 4. The summed E-state index contributed by atoms with van der Waals surface area (Å²) >= 11 is 6.14. The van der Waals surface area contributed by atoms with Crippen LogP contribution in [-0.2, 0) is 0 Å². The molecule has 116 valence electrons. The third kappa shape index (κ3) is 3.27. The fraction of sp³-hybridized carbons (Fsp3) is 0.111. The second kappa shape index (κ2) is 6.26. The Morgan fingerprint density at radius 2 is 1.91 bits per heavy atom. The van der Waals surface area contributed by atoms with Crippen molar-refractivity contribution in [2.45, 2.75) is 6.92 Å². The number of halogens is 1. The van der Waals surface area contributed by atoms with Crippen molar-refractivity contribution in [2.75, 3.05) is 6.61 Å². The van der Waals surface area contributed by atoms with E-state index in [4.69, 9.17) is 20.8 Å². The van der Waals surface area contributed by atoms with Crippen molar-refractivity contribution in [3.63, 3.8) is 0 Å². The number of benzene rings is 2. The van der Waals surface area contributed by atoms with Crippen molar-refractivity contribution in [1.82, 2.24) is 0 Å². The molecule has 0 aliphatic heterocycles. The summed E-state index contributed by atoms with van der Waals surface area (Å²) in [6.45, 7) is 1.68. The lowest BCUT2D eigenvalue weighted by atomic mass is 10.1. The Hall–Kier alpha value is -2.59. The van der Waals surface area contributed by atoms with Crippen LogP contribution in [0, 0.1) is 6.92 Å². The molecule has 0 radical (unpaired) electrons. The average Bonchev–Trinajstić information content (AvgIpc) is 2.53. The summed E-state index contributed by atoms with van der Waals surface area (Å²) in [6, 6.07) is 13.5. The van der Waals surface area contributed by atoms with Gasteiger partial charge in [-0.15, -0.1) is 0 Å². The van der Waals surface area contributed by atoms with Crippen LogP contribution in [0.1, 0.15) is 15.9 Å². The summed E-state index contributed by atoms with van der Waals surface area (Å²) in [5.41, 5.74) is 1.29. The second-order valence-corrected chi connectivity index (χ2v) is 5.51. The van der Waals surface area contributed by atoms with Crippen LogP contribution in [0.25, 0.3) is 11.0 Å². The third-order valence-corrected chi connectivity index (χ3v) is 3.75. The van der Waals surface area contributed by atoms with Crippen LogP contribution in [0.3, 0.4) is 0 Å². The highest BCUT2D eigenvalue weighted by atomic mass is 35.5. The van der Waals surface area contributed by atoms with E-state index in [1.54, 1.807) is 37.3 Å². The van der Waals surface area contributed by atoms with Crippen molar-refractivity contribution in [1.29, 1.82) is 0 Å². The minimum Gasteiger partial charge on any atom is -0.484 e. The number of rotatable bonds is 4. The maximum atomic E-state index is 12.1. The Kier molecular flexibility index (Phi) is 4.17. The van der Waals surface area contributed by atoms with E-state index in [0.717, 1.165) is 10.9 Å². The van der Waals surface area contributed by atoms with Crippen LogP contribution in [0.15, 0.2) is 57.7 Å². The molecule has 0 bridgehead atoms. The highest BCUT2D eigenvalue weighted by molar-refractivity contribution is 6.32. The molecule has 3 rings (SSSR count). The molecule has 0 unspecified atom stereocenters. The summed E-state index contributed by atoms with van der Waals surface area (Å²) < 4.78 is 10.7. The third-order valence-electron chi connectivity index (χ3n) is 3.46. The molecule has 23 heavy (non-hydrogen) atoms. The van der Waals surface area contributed by atoms with Gasteiger partial charge in [0.1, 0.15) is 11.3 Å². The van der Waals surface area contributed by atoms with Gasteiger partial charge in [0, 0.05) is 23.1 Å². The average molecular weight is 329 g/mol. The molecule has 3 aromatic rings. The molecule has 4 nitrogen and oxygen atoms in total. The number of ether oxygens (including phenoxy) is 1. The maximum Gasteiger partial charge on any atom is 0.336 e. The summed E-state index contributed by atoms with van der Waals surface area (Å²) in [7, 11) is 0. The van der Waals surface area contributed by atoms with E-state index in [1.807, 2.05) is 6.07 Å². The van der Waals surface area contributed by atoms with Crippen LogP contribution in [-0.4, -0.2) is 12.4 Å². The van der Waals surface area contributed by atoms with Gasteiger partial charge in [0.15, 0.2) is 12.4 Å². The van der Waals surface area contributed by atoms with Crippen molar-refractivity contribution in [3.8, 4) is 5.75 Å². The van der Waals surface area contributed by atoms with Gasteiger partial charge in [-0.2, -0.15) is 0 Å². The normalized spacial score (nSPS) is 10.7. The van der Waals surface area contributed by atoms with E-state index in [9.17, 15) is 9.59 Å². The van der Waals surface area contributed by atoms with Crippen LogP contribution in [0.2, 0.25) is 5.02 Å². The van der Waals surface area contributed by atoms with E-state index >= 15 is 0 Å². The zero-order valence-electron chi connectivity index (χ0n) is 12.3. The van der Waals surface area contributed by atoms with Crippen molar-refractivity contribution >= 4 is 28.4 Å². The molecule has 0 saturated carbocycles. The largest absolute Gasteiger partial charge is 0.484 e. The summed E-state index contributed by atoms with van der Waals surface area (Å²) in [5.74, 6) is 0.235. The number of ketones is 1. The molecule has 5 heteroatoms. The Labute approximate surface area is 137 Å². The molecule has 0 amide bonds. The molecule has 0 aliphatic carbocycles. The van der Waals surface area contributed by atoms with Crippen LogP contribution < -0.4 is 10.4 Å². The molecule has 2 aromatic carbocycles. The molecule has 0 spiro atoms. The maximum absolute atomic E-state index is 12.1. The highest BCUT2D eigenvalue weighted by Crippen LogP contribution is 2.31. The van der Waals surface area contributed by atoms with Crippen LogP contribution in [0.5, 0.6) is 5.75 Å². The first-order valence-corrected chi connectivity index (χ1v) is 7.37. The van der Waals surface area contributed by atoms with Gasteiger partial charge in [-0.25, -0.2) is 4.79 Å². The van der Waals surface area contributed by atoms with Gasteiger partial charge in [-0.3, -0.25) is 4.79 Å². The standard InChI is InChI=1S/C18H13ClO4/c1-11-7-18(21)23-16-9-14(19)17(8-13(11)16)22-10-15(20)12-5-3-2-4-6-12/h2-9H,10H2,1H3. The molecule has 0 N–H and O–H groups in total. The smallest absolute Gasteiger partial charge is 0.336 e. The molecule has 0 fully saturated rings. The minimum absolute atomic E-state index is 0.120. The van der Waals surface area contributed by atoms with E-state index in [2.05, 4.69) is 0 Å². The Morgan fingerprint density at radius 1 is 1.17 bits per heavy atom.